The monoisotopic (exact) mass is 432 g/mol. The lowest BCUT2D eigenvalue weighted by atomic mass is 10.2. The van der Waals surface area contributed by atoms with Gasteiger partial charge >= 0.3 is 11.7 Å². The Labute approximate surface area is 180 Å². The Bertz CT molecular complexity index is 974. The van der Waals surface area contributed by atoms with E-state index in [1.165, 1.54) is 30.9 Å². The predicted molar refractivity (Wildman–Crippen MR) is 111 cm³/mol. The number of aromatic nitrogens is 3. The molecule has 10 heteroatoms. The van der Waals surface area contributed by atoms with E-state index in [0.717, 1.165) is 19.3 Å². The van der Waals surface area contributed by atoms with Crippen LogP contribution in [0.2, 0.25) is 0 Å². The largest absolute Gasteiger partial charge is 0.497 e. The number of ether oxygens (including phenoxy) is 3. The van der Waals surface area contributed by atoms with Gasteiger partial charge in [-0.1, -0.05) is 6.42 Å². The van der Waals surface area contributed by atoms with Crippen molar-refractivity contribution < 1.29 is 23.8 Å². The molecule has 2 aromatic rings. The number of methoxy groups -OCH3 is 3. The Morgan fingerprint density at radius 2 is 1.77 bits per heavy atom. The van der Waals surface area contributed by atoms with Crippen LogP contribution >= 0.6 is 0 Å². The van der Waals surface area contributed by atoms with Gasteiger partial charge in [0.25, 0.3) is 0 Å². The van der Waals surface area contributed by atoms with Gasteiger partial charge in [-0.25, -0.2) is 9.48 Å². The summed E-state index contributed by atoms with van der Waals surface area (Å²) in [5, 5.41) is 4.36. The maximum atomic E-state index is 13.1. The standard InChI is InChI=1S/C21H28N4O6/c1-29-16-9-15(10-17(11-16)30-2)12-23(14-20(27)31-3)19(26)13-25-21(28)24-8-6-4-5-7-18(24)22-25/h9-11H,4-8,12-14H2,1-3H3. The van der Waals surface area contributed by atoms with Crippen molar-refractivity contribution in [2.45, 2.75) is 45.3 Å². The molecule has 0 radical (unpaired) electrons. The minimum atomic E-state index is -0.559. The highest BCUT2D eigenvalue weighted by atomic mass is 16.5. The van der Waals surface area contributed by atoms with Crippen LogP contribution in [0.1, 0.15) is 30.7 Å². The molecule has 0 saturated carbocycles. The highest BCUT2D eigenvalue weighted by Gasteiger charge is 2.23. The van der Waals surface area contributed by atoms with Gasteiger partial charge < -0.3 is 19.1 Å². The third-order valence-electron chi connectivity index (χ3n) is 5.25. The van der Waals surface area contributed by atoms with Crippen molar-refractivity contribution in [1.29, 1.82) is 0 Å². The second-order valence-electron chi connectivity index (χ2n) is 7.37. The molecule has 1 aliphatic rings. The zero-order chi connectivity index (χ0) is 22.4. The quantitative estimate of drug-likeness (QED) is 0.573. The van der Waals surface area contributed by atoms with Crippen molar-refractivity contribution in [1.82, 2.24) is 19.2 Å². The average molecular weight is 432 g/mol. The van der Waals surface area contributed by atoms with Crippen molar-refractivity contribution in [2.24, 2.45) is 0 Å². The first-order chi connectivity index (χ1) is 14.9. The number of nitrogens with zero attached hydrogens (tertiary/aromatic N) is 4. The summed E-state index contributed by atoms with van der Waals surface area (Å²) >= 11 is 0. The highest BCUT2D eigenvalue weighted by Crippen LogP contribution is 2.23. The van der Waals surface area contributed by atoms with Crippen molar-refractivity contribution in [2.75, 3.05) is 27.9 Å². The van der Waals surface area contributed by atoms with Crippen LogP contribution in [0.4, 0.5) is 0 Å². The van der Waals surface area contributed by atoms with Gasteiger partial charge in [-0.15, -0.1) is 0 Å². The SMILES string of the molecule is COC(=O)CN(Cc1cc(OC)cc(OC)c1)C(=O)Cn1nc2n(c1=O)CCCCC2. The van der Waals surface area contributed by atoms with Crippen LogP contribution in [0.5, 0.6) is 11.5 Å². The molecule has 0 atom stereocenters. The molecule has 0 saturated heterocycles. The molecule has 3 rings (SSSR count). The zero-order valence-corrected chi connectivity index (χ0v) is 18.1. The van der Waals surface area contributed by atoms with E-state index in [9.17, 15) is 14.4 Å². The van der Waals surface area contributed by atoms with Gasteiger partial charge in [0.2, 0.25) is 5.91 Å². The number of hydrogen-bond donors (Lipinski definition) is 0. The maximum absolute atomic E-state index is 13.1. The molecule has 2 heterocycles. The van der Waals surface area contributed by atoms with Gasteiger partial charge in [0.1, 0.15) is 30.4 Å². The van der Waals surface area contributed by atoms with Crippen LogP contribution in [0.25, 0.3) is 0 Å². The van der Waals surface area contributed by atoms with Gasteiger partial charge in [-0.3, -0.25) is 14.2 Å². The highest BCUT2D eigenvalue weighted by molar-refractivity contribution is 5.81. The summed E-state index contributed by atoms with van der Waals surface area (Å²) in [4.78, 5) is 39.0. The molecule has 31 heavy (non-hydrogen) atoms. The first-order valence-electron chi connectivity index (χ1n) is 10.2. The lowest BCUT2D eigenvalue weighted by Crippen LogP contribution is -2.40. The summed E-state index contributed by atoms with van der Waals surface area (Å²) < 4.78 is 18.1. The molecule has 0 fully saturated rings. The second kappa shape index (κ2) is 10.1. The van der Waals surface area contributed by atoms with E-state index >= 15 is 0 Å². The number of amides is 1. The van der Waals surface area contributed by atoms with Crippen LogP contribution in [0, 0.1) is 0 Å². The summed E-state index contributed by atoms with van der Waals surface area (Å²) in [7, 11) is 4.33. The number of benzene rings is 1. The van der Waals surface area contributed by atoms with E-state index < -0.39 is 11.9 Å². The fourth-order valence-electron chi connectivity index (χ4n) is 3.59. The van der Waals surface area contributed by atoms with E-state index in [4.69, 9.17) is 14.2 Å². The summed E-state index contributed by atoms with van der Waals surface area (Å²) in [6, 6.07) is 5.23. The molecule has 1 amide bonds. The third-order valence-corrected chi connectivity index (χ3v) is 5.25. The first-order valence-corrected chi connectivity index (χ1v) is 10.2. The van der Waals surface area contributed by atoms with Gasteiger partial charge in [0, 0.05) is 25.6 Å². The van der Waals surface area contributed by atoms with Crippen molar-refractivity contribution in [3.8, 4) is 11.5 Å². The number of carbonyl (C=O) groups is 2. The minimum absolute atomic E-state index is 0.115. The molecule has 1 aromatic heterocycles. The molecule has 0 spiro atoms. The molecular formula is C21H28N4O6. The van der Waals surface area contributed by atoms with Gasteiger partial charge in [-0.05, 0) is 30.5 Å². The Balaban J connectivity index is 1.83. The van der Waals surface area contributed by atoms with Gasteiger partial charge in [0.15, 0.2) is 0 Å². The van der Waals surface area contributed by atoms with Crippen LogP contribution in [0.3, 0.4) is 0 Å². The summed E-state index contributed by atoms with van der Waals surface area (Å²) in [6.45, 7) is 0.218. The van der Waals surface area contributed by atoms with Crippen molar-refractivity contribution >= 4 is 11.9 Å². The van der Waals surface area contributed by atoms with Crippen LogP contribution in [-0.4, -0.2) is 59.0 Å². The molecule has 1 aromatic carbocycles. The minimum Gasteiger partial charge on any atom is -0.497 e. The fraction of sp³-hybridized carbons (Fsp3) is 0.524. The van der Waals surface area contributed by atoms with E-state index in [2.05, 4.69) is 5.10 Å². The van der Waals surface area contributed by atoms with E-state index in [1.54, 1.807) is 22.8 Å². The summed E-state index contributed by atoms with van der Waals surface area (Å²) in [6.07, 6.45) is 3.65. The molecule has 0 unspecified atom stereocenters. The van der Waals surface area contributed by atoms with Crippen LogP contribution in [-0.2, 0) is 40.4 Å². The number of rotatable bonds is 8. The lowest BCUT2D eigenvalue weighted by Gasteiger charge is -2.22. The molecular weight excluding hydrogens is 404 g/mol. The van der Waals surface area contributed by atoms with Crippen LogP contribution < -0.4 is 15.2 Å². The number of esters is 1. The zero-order valence-electron chi connectivity index (χ0n) is 18.1. The smallest absolute Gasteiger partial charge is 0.346 e. The van der Waals surface area contributed by atoms with Gasteiger partial charge in [-0.2, -0.15) is 5.10 Å². The first kappa shape index (κ1) is 22.4. The molecule has 1 aliphatic heterocycles. The molecule has 0 aliphatic carbocycles. The lowest BCUT2D eigenvalue weighted by molar-refractivity contribution is -0.147. The number of fused-ring (bicyclic) bond motifs is 1. The number of aryl methyl sites for hydroxylation is 1. The van der Waals surface area contributed by atoms with Crippen LogP contribution in [0.15, 0.2) is 23.0 Å². The Hall–Kier alpha value is -3.30. The molecule has 10 nitrogen and oxygen atoms in total. The van der Waals surface area contributed by atoms with Crippen molar-refractivity contribution in [3.05, 3.63) is 40.1 Å². The van der Waals surface area contributed by atoms with Crippen molar-refractivity contribution in [3.63, 3.8) is 0 Å². The molecule has 168 valence electrons. The van der Waals surface area contributed by atoms with E-state index in [1.807, 2.05) is 0 Å². The maximum Gasteiger partial charge on any atom is 0.346 e. The fourth-order valence-corrected chi connectivity index (χ4v) is 3.59. The Morgan fingerprint density at radius 3 is 2.42 bits per heavy atom. The van der Waals surface area contributed by atoms with Gasteiger partial charge in [0.05, 0.1) is 21.3 Å². The Morgan fingerprint density at radius 1 is 1.06 bits per heavy atom. The molecule has 0 bridgehead atoms. The molecule has 0 N–H and O–H groups in total. The Kier molecular flexibility index (Phi) is 7.32. The third kappa shape index (κ3) is 5.44. The average Bonchev–Trinajstić information content (AvgIpc) is 2.93. The topological polar surface area (TPSA) is 105 Å². The predicted octanol–water partition coefficient (Wildman–Crippen LogP) is 0.990. The normalized spacial score (nSPS) is 13.1. The number of carbonyl (C=O) groups excluding carboxylic acids is 2. The second-order valence-corrected chi connectivity index (χ2v) is 7.37. The van der Waals surface area contributed by atoms with E-state index in [-0.39, 0.29) is 25.3 Å². The summed E-state index contributed by atoms with van der Waals surface area (Å²) in [5.74, 6) is 0.855. The summed E-state index contributed by atoms with van der Waals surface area (Å²) in [5.41, 5.74) is 0.410. The number of hydrogen-bond acceptors (Lipinski definition) is 7. The van der Waals surface area contributed by atoms with E-state index in [0.29, 0.717) is 35.9 Å².